The maximum absolute atomic E-state index is 12.7. The summed E-state index contributed by atoms with van der Waals surface area (Å²) in [6.45, 7) is 3.61. The van der Waals surface area contributed by atoms with E-state index in [9.17, 15) is 4.79 Å². The lowest BCUT2D eigenvalue weighted by Gasteiger charge is -2.15. The number of amides is 2. The summed E-state index contributed by atoms with van der Waals surface area (Å²) in [5.41, 5.74) is 4.47. The van der Waals surface area contributed by atoms with Gasteiger partial charge in [-0.25, -0.2) is 4.79 Å². The van der Waals surface area contributed by atoms with Crippen LogP contribution in [0.25, 0.3) is 0 Å². The number of hydrogen-bond acceptors (Lipinski definition) is 3. The van der Waals surface area contributed by atoms with Gasteiger partial charge >= 0.3 is 6.03 Å². The number of ether oxygens (including phenoxy) is 1. The molecule has 0 radical (unpaired) electrons. The SMILES string of the molecule is CCCCCCCCCCCCCCOc1c(Cl)cccc1NC(=O)Nc1cccc(C[n+]2ccsc2)c1.[Br-]. The van der Waals surface area contributed by atoms with Crippen LogP contribution in [0.3, 0.4) is 0 Å². The van der Waals surface area contributed by atoms with Crippen LogP contribution in [0.4, 0.5) is 16.2 Å². The zero-order valence-corrected chi connectivity index (χ0v) is 26.3. The quantitative estimate of drug-likeness (QED) is 0.124. The van der Waals surface area contributed by atoms with E-state index in [4.69, 9.17) is 16.3 Å². The third-order valence-corrected chi connectivity index (χ3v) is 7.51. The minimum Gasteiger partial charge on any atom is -1.00 e. The molecule has 0 aliphatic heterocycles. The van der Waals surface area contributed by atoms with Gasteiger partial charge in [-0.1, -0.05) is 119 Å². The van der Waals surface area contributed by atoms with E-state index in [0.717, 1.165) is 30.6 Å². The average Bonchev–Trinajstić information content (AvgIpc) is 3.41. The molecule has 214 valence electrons. The first kappa shape index (κ1) is 33.1. The van der Waals surface area contributed by atoms with Crippen LogP contribution in [0.15, 0.2) is 59.6 Å². The lowest BCUT2D eigenvalue weighted by Crippen LogP contribution is -3.00. The molecule has 2 N–H and O–H groups in total. The predicted octanol–water partition coefficient (Wildman–Crippen LogP) is 6.47. The van der Waals surface area contributed by atoms with E-state index in [2.05, 4.69) is 27.6 Å². The smallest absolute Gasteiger partial charge is 0.323 e. The van der Waals surface area contributed by atoms with Crippen molar-refractivity contribution in [1.29, 1.82) is 0 Å². The van der Waals surface area contributed by atoms with Crippen LogP contribution in [0, 0.1) is 0 Å². The summed E-state index contributed by atoms with van der Waals surface area (Å²) in [6.07, 6.45) is 17.6. The van der Waals surface area contributed by atoms with Crippen molar-refractivity contribution in [3.05, 3.63) is 70.1 Å². The molecule has 1 heterocycles. The number of nitrogens with zero attached hydrogens (tertiary/aromatic N) is 1. The van der Waals surface area contributed by atoms with Crippen molar-refractivity contribution in [2.24, 2.45) is 0 Å². The van der Waals surface area contributed by atoms with Gasteiger partial charge in [0.15, 0.2) is 18.5 Å². The van der Waals surface area contributed by atoms with E-state index in [1.54, 1.807) is 17.4 Å². The first-order valence-electron chi connectivity index (χ1n) is 14.1. The summed E-state index contributed by atoms with van der Waals surface area (Å²) >= 11 is 8.07. The van der Waals surface area contributed by atoms with Crippen LogP contribution in [-0.4, -0.2) is 12.6 Å². The fraction of sp³-hybridized carbons (Fsp3) is 0.484. The fourth-order valence-electron chi connectivity index (χ4n) is 4.47. The van der Waals surface area contributed by atoms with Gasteiger partial charge in [0, 0.05) is 11.3 Å². The van der Waals surface area contributed by atoms with Crippen LogP contribution in [0.1, 0.15) is 89.5 Å². The molecule has 0 bridgehead atoms. The topological polar surface area (TPSA) is 54.2 Å². The third-order valence-electron chi connectivity index (χ3n) is 6.54. The maximum Gasteiger partial charge on any atom is 0.323 e. The molecule has 5 nitrogen and oxygen atoms in total. The van der Waals surface area contributed by atoms with Crippen LogP contribution in [0.5, 0.6) is 5.75 Å². The average molecular weight is 637 g/mol. The maximum atomic E-state index is 12.7. The molecule has 0 fully saturated rings. The Morgan fingerprint density at radius 2 is 1.56 bits per heavy atom. The molecule has 3 rings (SSSR count). The Morgan fingerprint density at radius 1 is 0.897 bits per heavy atom. The van der Waals surface area contributed by atoms with Gasteiger partial charge < -0.3 is 32.4 Å². The number of rotatable bonds is 18. The second-order valence-corrected chi connectivity index (χ2v) is 11.0. The minimum absolute atomic E-state index is 0. The van der Waals surface area contributed by atoms with Gasteiger partial charge in [0.05, 0.1) is 22.7 Å². The van der Waals surface area contributed by atoms with E-state index >= 15 is 0 Å². The van der Waals surface area contributed by atoms with Gasteiger partial charge in [0.1, 0.15) is 0 Å². The van der Waals surface area contributed by atoms with Crippen molar-refractivity contribution in [2.45, 2.75) is 90.5 Å². The van der Waals surface area contributed by atoms with Crippen molar-refractivity contribution in [3.63, 3.8) is 0 Å². The fourth-order valence-corrected chi connectivity index (χ4v) is 5.29. The second-order valence-electron chi connectivity index (χ2n) is 9.83. The molecule has 2 aromatic carbocycles. The molecule has 39 heavy (non-hydrogen) atoms. The second kappa shape index (κ2) is 19.9. The molecule has 2 amide bonds. The molecule has 8 heteroatoms. The Hall–Kier alpha value is -2.09. The van der Waals surface area contributed by atoms with Gasteiger partial charge in [-0.15, -0.1) is 0 Å². The molecular formula is C31H43BrClN3O2S. The summed E-state index contributed by atoms with van der Waals surface area (Å²) < 4.78 is 8.12. The Labute approximate surface area is 254 Å². The molecule has 0 spiro atoms. The van der Waals surface area contributed by atoms with Gasteiger partial charge in [0.25, 0.3) is 0 Å². The highest BCUT2D eigenvalue weighted by molar-refractivity contribution is 7.07. The third kappa shape index (κ3) is 13.2. The number of benzene rings is 2. The molecular weight excluding hydrogens is 594 g/mol. The zero-order valence-electron chi connectivity index (χ0n) is 23.1. The number of halogens is 2. The standard InChI is InChI=1S/C31H42ClN3O2S.BrH/c1-2-3-4-5-6-7-8-9-10-11-12-13-21-37-30-28(32)18-15-19-29(30)34-31(36)33-27-17-14-16-26(23-27)24-35-20-22-38-25-35;/h14-20,22-23,25H,2-13,21,24H2,1H3,(H-,33,34,36);1H. The van der Waals surface area contributed by atoms with Gasteiger partial charge in [-0.2, -0.15) is 4.57 Å². The number of hydrogen-bond donors (Lipinski definition) is 2. The lowest BCUT2D eigenvalue weighted by atomic mass is 10.1. The highest BCUT2D eigenvalue weighted by Gasteiger charge is 2.12. The number of nitrogens with one attached hydrogen (secondary N) is 2. The number of carbonyl (C=O) groups excluding carboxylic acids is 1. The molecule has 0 saturated heterocycles. The monoisotopic (exact) mass is 635 g/mol. The number of carbonyl (C=O) groups is 1. The van der Waals surface area contributed by atoms with Crippen LogP contribution < -0.4 is 36.9 Å². The first-order valence-corrected chi connectivity index (χ1v) is 15.5. The molecule has 0 saturated carbocycles. The highest BCUT2D eigenvalue weighted by atomic mass is 79.9. The summed E-state index contributed by atoms with van der Waals surface area (Å²) in [5, 5.41) is 8.35. The molecule has 0 unspecified atom stereocenters. The van der Waals surface area contributed by atoms with Crippen molar-refractivity contribution >= 4 is 40.3 Å². The van der Waals surface area contributed by atoms with E-state index in [-0.39, 0.29) is 23.0 Å². The zero-order chi connectivity index (χ0) is 26.8. The first-order chi connectivity index (χ1) is 18.7. The number of anilines is 2. The normalized spacial score (nSPS) is 10.6. The lowest BCUT2D eigenvalue weighted by molar-refractivity contribution is -0.683. The molecule has 3 aromatic rings. The van der Waals surface area contributed by atoms with Crippen LogP contribution in [0.2, 0.25) is 5.02 Å². The highest BCUT2D eigenvalue weighted by Crippen LogP contribution is 2.33. The Bertz CT molecular complexity index is 1080. The largest absolute Gasteiger partial charge is 1.00 e. The van der Waals surface area contributed by atoms with Crippen molar-refractivity contribution in [3.8, 4) is 5.75 Å². The predicted molar refractivity (Wildman–Crippen MR) is 161 cm³/mol. The van der Waals surface area contributed by atoms with Crippen molar-refractivity contribution in [1.82, 2.24) is 0 Å². The van der Waals surface area contributed by atoms with Gasteiger partial charge in [-0.05, 0) is 30.7 Å². The van der Waals surface area contributed by atoms with Gasteiger partial charge in [-0.3, -0.25) is 0 Å². The van der Waals surface area contributed by atoms with Crippen LogP contribution >= 0.6 is 22.9 Å². The van der Waals surface area contributed by atoms with Gasteiger partial charge in [0.2, 0.25) is 5.51 Å². The Kier molecular flexibility index (Phi) is 16.9. The Morgan fingerprint density at radius 3 is 2.23 bits per heavy atom. The molecule has 1 aromatic heterocycles. The van der Waals surface area contributed by atoms with Crippen molar-refractivity contribution < 1.29 is 31.1 Å². The van der Waals surface area contributed by atoms with E-state index < -0.39 is 0 Å². The van der Waals surface area contributed by atoms with E-state index in [1.165, 1.54) is 64.2 Å². The number of urea groups is 1. The number of aromatic nitrogens is 1. The summed E-state index contributed by atoms with van der Waals surface area (Å²) in [5.74, 6) is 0.523. The summed E-state index contributed by atoms with van der Waals surface area (Å²) in [7, 11) is 0. The Balaban J connectivity index is 0.00000533. The minimum atomic E-state index is -0.331. The van der Waals surface area contributed by atoms with Crippen LogP contribution in [-0.2, 0) is 6.54 Å². The summed E-state index contributed by atoms with van der Waals surface area (Å²) in [4.78, 5) is 12.7. The number of para-hydroxylation sites is 1. The summed E-state index contributed by atoms with van der Waals surface area (Å²) in [6, 6.07) is 12.9. The van der Waals surface area contributed by atoms with E-state index in [1.807, 2.05) is 48.0 Å². The molecule has 0 atom stereocenters. The van der Waals surface area contributed by atoms with Crippen molar-refractivity contribution in [2.75, 3.05) is 17.2 Å². The number of thiazole rings is 1. The molecule has 0 aliphatic rings. The molecule has 0 aliphatic carbocycles. The van der Waals surface area contributed by atoms with E-state index in [0.29, 0.717) is 23.1 Å². The number of unbranched alkanes of at least 4 members (excludes halogenated alkanes) is 11.